The summed E-state index contributed by atoms with van der Waals surface area (Å²) in [5.74, 6) is 0. The SMILES string of the molecule is CC(NCC(O)COCc1ccccc1Cl)c1ccc2ccccc2c1. The van der Waals surface area contributed by atoms with Crippen LogP contribution in [0.1, 0.15) is 24.1 Å². The fourth-order valence-electron chi connectivity index (χ4n) is 2.89. The summed E-state index contributed by atoms with van der Waals surface area (Å²) in [6, 6.07) is 22.5. The van der Waals surface area contributed by atoms with E-state index in [0.717, 1.165) is 5.56 Å². The Morgan fingerprint density at radius 3 is 2.54 bits per heavy atom. The highest BCUT2D eigenvalue weighted by molar-refractivity contribution is 6.31. The van der Waals surface area contributed by atoms with Gasteiger partial charge in [0.15, 0.2) is 0 Å². The van der Waals surface area contributed by atoms with Crippen molar-refractivity contribution < 1.29 is 9.84 Å². The second-order valence-electron chi connectivity index (χ2n) is 6.50. The monoisotopic (exact) mass is 369 g/mol. The van der Waals surface area contributed by atoms with E-state index >= 15 is 0 Å². The van der Waals surface area contributed by atoms with E-state index in [1.165, 1.54) is 16.3 Å². The van der Waals surface area contributed by atoms with Gasteiger partial charge in [0.1, 0.15) is 0 Å². The molecule has 0 radical (unpaired) electrons. The van der Waals surface area contributed by atoms with Gasteiger partial charge in [-0.1, -0.05) is 66.2 Å². The minimum Gasteiger partial charge on any atom is -0.389 e. The van der Waals surface area contributed by atoms with Gasteiger partial charge in [0.2, 0.25) is 0 Å². The van der Waals surface area contributed by atoms with Gasteiger partial charge in [-0.05, 0) is 41.0 Å². The lowest BCUT2D eigenvalue weighted by atomic mass is 10.0. The lowest BCUT2D eigenvalue weighted by Gasteiger charge is -2.18. The first kappa shape index (κ1) is 18.9. The highest BCUT2D eigenvalue weighted by atomic mass is 35.5. The van der Waals surface area contributed by atoms with E-state index in [-0.39, 0.29) is 12.6 Å². The van der Waals surface area contributed by atoms with Gasteiger partial charge in [-0.25, -0.2) is 0 Å². The Balaban J connectivity index is 1.45. The molecule has 26 heavy (non-hydrogen) atoms. The molecule has 2 N–H and O–H groups in total. The van der Waals surface area contributed by atoms with Crippen molar-refractivity contribution in [2.75, 3.05) is 13.2 Å². The molecule has 0 amide bonds. The van der Waals surface area contributed by atoms with E-state index in [9.17, 15) is 5.11 Å². The second-order valence-corrected chi connectivity index (χ2v) is 6.90. The van der Waals surface area contributed by atoms with Crippen molar-refractivity contribution in [1.82, 2.24) is 5.32 Å². The van der Waals surface area contributed by atoms with Crippen LogP contribution in [-0.2, 0) is 11.3 Å². The minimum atomic E-state index is -0.569. The molecular weight excluding hydrogens is 346 g/mol. The first-order chi connectivity index (χ1) is 12.6. The first-order valence-corrected chi connectivity index (χ1v) is 9.22. The minimum absolute atomic E-state index is 0.151. The van der Waals surface area contributed by atoms with Crippen LogP contribution in [0.2, 0.25) is 5.02 Å². The average Bonchev–Trinajstić information content (AvgIpc) is 2.67. The fourth-order valence-corrected chi connectivity index (χ4v) is 3.08. The molecule has 3 rings (SSSR count). The summed E-state index contributed by atoms with van der Waals surface area (Å²) in [5.41, 5.74) is 2.13. The highest BCUT2D eigenvalue weighted by Gasteiger charge is 2.10. The van der Waals surface area contributed by atoms with E-state index in [1.54, 1.807) is 0 Å². The Morgan fingerprint density at radius 1 is 1.00 bits per heavy atom. The Labute approximate surface area is 159 Å². The zero-order chi connectivity index (χ0) is 18.4. The summed E-state index contributed by atoms with van der Waals surface area (Å²) in [7, 11) is 0. The van der Waals surface area contributed by atoms with E-state index in [2.05, 4.69) is 42.6 Å². The van der Waals surface area contributed by atoms with Crippen molar-refractivity contribution >= 4 is 22.4 Å². The molecule has 3 aromatic rings. The third-order valence-corrected chi connectivity index (χ3v) is 4.83. The molecule has 0 saturated carbocycles. The number of rotatable bonds is 8. The average molecular weight is 370 g/mol. The van der Waals surface area contributed by atoms with Crippen molar-refractivity contribution in [2.24, 2.45) is 0 Å². The molecule has 4 heteroatoms. The van der Waals surface area contributed by atoms with Crippen LogP contribution in [0.5, 0.6) is 0 Å². The first-order valence-electron chi connectivity index (χ1n) is 8.85. The molecule has 3 aromatic carbocycles. The lowest BCUT2D eigenvalue weighted by Crippen LogP contribution is -2.32. The third-order valence-electron chi connectivity index (χ3n) is 4.46. The van der Waals surface area contributed by atoms with Crippen LogP contribution in [0.4, 0.5) is 0 Å². The highest BCUT2D eigenvalue weighted by Crippen LogP contribution is 2.20. The predicted molar refractivity (Wildman–Crippen MR) is 107 cm³/mol. The molecule has 2 unspecified atom stereocenters. The van der Waals surface area contributed by atoms with Gasteiger partial charge in [0, 0.05) is 17.6 Å². The van der Waals surface area contributed by atoms with E-state index in [4.69, 9.17) is 16.3 Å². The summed E-state index contributed by atoms with van der Waals surface area (Å²) < 4.78 is 5.58. The molecule has 0 spiro atoms. The smallest absolute Gasteiger partial charge is 0.0898 e. The molecule has 0 fully saturated rings. The third kappa shape index (κ3) is 5.05. The van der Waals surface area contributed by atoms with Crippen molar-refractivity contribution in [2.45, 2.75) is 25.7 Å². The molecule has 3 nitrogen and oxygen atoms in total. The zero-order valence-corrected chi connectivity index (χ0v) is 15.6. The normalized spacial score (nSPS) is 13.7. The van der Waals surface area contributed by atoms with Crippen molar-refractivity contribution in [3.05, 3.63) is 82.9 Å². The van der Waals surface area contributed by atoms with Gasteiger partial charge in [-0.3, -0.25) is 0 Å². The van der Waals surface area contributed by atoms with Gasteiger partial charge in [-0.15, -0.1) is 0 Å². The van der Waals surface area contributed by atoms with Crippen LogP contribution in [0, 0.1) is 0 Å². The lowest BCUT2D eigenvalue weighted by molar-refractivity contribution is 0.0278. The van der Waals surface area contributed by atoms with E-state index in [0.29, 0.717) is 18.2 Å². The van der Waals surface area contributed by atoms with Gasteiger partial charge in [0.05, 0.1) is 19.3 Å². The van der Waals surface area contributed by atoms with E-state index < -0.39 is 6.10 Å². The quantitative estimate of drug-likeness (QED) is 0.603. The summed E-state index contributed by atoms with van der Waals surface area (Å²) in [5, 5.41) is 16.7. The van der Waals surface area contributed by atoms with Gasteiger partial charge >= 0.3 is 0 Å². The molecule has 0 saturated heterocycles. The Hall–Kier alpha value is -1.91. The molecule has 0 heterocycles. The Morgan fingerprint density at radius 2 is 1.73 bits per heavy atom. The van der Waals surface area contributed by atoms with Crippen LogP contribution < -0.4 is 5.32 Å². The maximum atomic E-state index is 10.1. The largest absolute Gasteiger partial charge is 0.389 e. The van der Waals surface area contributed by atoms with Crippen molar-refractivity contribution in [3.63, 3.8) is 0 Å². The van der Waals surface area contributed by atoms with Crippen LogP contribution in [0.25, 0.3) is 10.8 Å². The number of hydrogen-bond donors (Lipinski definition) is 2. The van der Waals surface area contributed by atoms with Gasteiger partial charge < -0.3 is 15.2 Å². The van der Waals surface area contributed by atoms with Gasteiger partial charge in [0.25, 0.3) is 0 Å². The fraction of sp³-hybridized carbons (Fsp3) is 0.273. The topological polar surface area (TPSA) is 41.5 Å². The number of benzene rings is 3. The van der Waals surface area contributed by atoms with E-state index in [1.807, 2.05) is 36.4 Å². The molecule has 0 bridgehead atoms. The van der Waals surface area contributed by atoms with Gasteiger partial charge in [-0.2, -0.15) is 0 Å². The van der Waals surface area contributed by atoms with Crippen LogP contribution >= 0.6 is 11.6 Å². The number of aliphatic hydroxyl groups is 1. The number of fused-ring (bicyclic) bond motifs is 1. The predicted octanol–water partition coefficient (Wildman–Crippen LogP) is 4.72. The van der Waals surface area contributed by atoms with Crippen molar-refractivity contribution in [3.8, 4) is 0 Å². The van der Waals surface area contributed by atoms with Crippen molar-refractivity contribution in [1.29, 1.82) is 0 Å². The number of nitrogens with one attached hydrogen (secondary N) is 1. The maximum Gasteiger partial charge on any atom is 0.0898 e. The zero-order valence-electron chi connectivity index (χ0n) is 14.9. The number of ether oxygens (including phenoxy) is 1. The standard InChI is InChI=1S/C22H24ClNO2/c1-16(18-11-10-17-6-2-3-7-19(17)12-18)24-13-21(25)15-26-14-20-8-4-5-9-22(20)23/h2-12,16,21,24-25H,13-15H2,1H3. The summed E-state index contributed by atoms with van der Waals surface area (Å²) in [6.07, 6.45) is -0.569. The maximum absolute atomic E-state index is 10.1. The molecule has 2 atom stereocenters. The summed E-state index contributed by atoms with van der Waals surface area (Å²) in [6.45, 7) is 3.23. The molecule has 136 valence electrons. The molecule has 0 aliphatic rings. The van der Waals surface area contributed by atoms with Crippen LogP contribution in [0.15, 0.2) is 66.7 Å². The van der Waals surface area contributed by atoms with Crippen LogP contribution in [-0.4, -0.2) is 24.4 Å². The summed E-state index contributed by atoms with van der Waals surface area (Å²) in [4.78, 5) is 0. The Bertz CT molecular complexity index is 852. The number of aliphatic hydroxyl groups excluding tert-OH is 1. The molecule has 0 aliphatic carbocycles. The van der Waals surface area contributed by atoms with Crippen LogP contribution in [0.3, 0.4) is 0 Å². The second kappa shape index (κ2) is 9.15. The Kier molecular flexibility index (Phi) is 6.64. The summed E-state index contributed by atoms with van der Waals surface area (Å²) >= 11 is 6.10. The molecule has 0 aromatic heterocycles. The number of hydrogen-bond acceptors (Lipinski definition) is 3. The molecule has 0 aliphatic heterocycles. The number of halogens is 1. The molecular formula is C22H24ClNO2.